The average molecular weight is 396 g/mol. The predicted octanol–water partition coefficient (Wildman–Crippen LogP) is 4.73. The van der Waals surface area contributed by atoms with E-state index in [0.29, 0.717) is 19.0 Å². The van der Waals surface area contributed by atoms with E-state index in [1.807, 2.05) is 22.4 Å². The number of hydrogen-bond acceptors (Lipinski definition) is 5. The van der Waals surface area contributed by atoms with Crippen LogP contribution in [0.3, 0.4) is 0 Å². The molecule has 0 saturated carbocycles. The molecule has 0 bridgehead atoms. The number of aryl methyl sites for hydroxylation is 1. The lowest BCUT2D eigenvalue weighted by atomic mass is 10.1. The molecule has 1 fully saturated rings. The third kappa shape index (κ3) is 4.44. The SMILES string of the molecule is Cc1ccc(N(CC(=O)N2CCCCC2)Cc2coc(-c3cccs3)n2)cc1. The van der Waals surface area contributed by atoms with Crippen LogP contribution in [0.5, 0.6) is 0 Å². The van der Waals surface area contributed by atoms with Crippen molar-refractivity contribution in [3.8, 4) is 10.8 Å². The number of oxazole rings is 1. The maximum Gasteiger partial charge on any atom is 0.242 e. The van der Waals surface area contributed by atoms with Crippen molar-refractivity contribution >= 4 is 22.9 Å². The van der Waals surface area contributed by atoms with Gasteiger partial charge < -0.3 is 14.2 Å². The molecule has 0 N–H and O–H groups in total. The lowest BCUT2D eigenvalue weighted by Gasteiger charge is -2.30. The van der Waals surface area contributed by atoms with Crippen LogP contribution in [-0.4, -0.2) is 35.4 Å². The molecule has 1 aliphatic rings. The molecule has 1 aromatic carbocycles. The van der Waals surface area contributed by atoms with E-state index < -0.39 is 0 Å². The molecule has 0 spiro atoms. The number of likely N-dealkylation sites (tertiary alicyclic amines) is 1. The number of aromatic nitrogens is 1. The van der Waals surface area contributed by atoms with Gasteiger partial charge in [0.2, 0.25) is 11.8 Å². The molecule has 1 saturated heterocycles. The van der Waals surface area contributed by atoms with E-state index in [1.165, 1.54) is 12.0 Å². The Kier molecular flexibility index (Phi) is 5.76. The summed E-state index contributed by atoms with van der Waals surface area (Å²) in [6.07, 6.45) is 5.12. The molecule has 0 atom stereocenters. The minimum absolute atomic E-state index is 0.183. The van der Waals surface area contributed by atoms with Crippen LogP contribution in [-0.2, 0) is 11.3 Å². The molecule has 3 aromatic rings. The minimum atomic E-state index is 0.183. The standard InChI is InChI=1S/C22H25N3O2S/c1-17-7-9-19(10-8-17)25(15-21(26)24-11-3-2-4-12-24)14-18-16-27-22(23-18)20-6-5-13-28-20/h5-10,13,16H,2-4,11-12,14-15H2,1H3. The van der Waals surface area contributed by atoms with Gasteiger partial charge in [0.15, 0.2) is 0 Å². The van der Waals surface area contributed by atoms with Crippen molar-refractivity contribution in [2.45, 2.75) is 32.7 Å². The molecule has 5 nitrogen and oxygen atoms in total. The Labute approximate surface area is 169 Å². The van der Waals surface area contributed by atoms with Crippen molar-refractivity contribution in [2.24, 2.45) is 0 Å². The quantitative estimate of drug-likeness (QED) is 0.605. The second kappa shape index (κ2) is 8.61. The topological polar surface area (TPSA) is 49.6 Å². The van der Waals surface area contributed by atoms with E-state index in [2.05, 4.69) is 41.1 Å². The van der Waals surface area contributed by atoms with Gasteiger partial charge in [0.05, 0.1) is 23.7 Å². The van der Waals surface area contributed by atoms with Gasteiger partial charge in [0.1, 0.15) is 6.26 Å². The van der Waals surface area contributed by atoms with Gasteiger partial charge in [-0.25, -0.2) is 4.98 Å². The highest BCUT2D eigenvalue weighted by Gasteiger charge is 2.21. The van der Waals surface area contributed by atoms with Crippen LogP contribution in [0.25, 0.3) is 10.8 Å². The van der Waals surface area contributed by atoms with Crippen molar-refractivity contribution < 1.29 is 9.21 Å². The van der Waals surface area contributed by atoms with Crippen molar-refractivity contribution in [2.75, 3.05) is 24.5 Å². The zero-order valence-electron chi connectivity index (χ0n) is 16.1. The number of thiophene rings is 1. The highest BCUT2D eigenvalue weighted by Crippen LogP contribution is 2.25. The van der Waals surface area contributed by atoms with Crippen molar-refractivity contribution in [1.82, 2.24) is 9.88 Å². The number of nitrogens with zero attached hydrogens (tertiary/aromatic N) is 3. The van der Waals surface area contributed by atoms with E-state index in [0.717, 1.165) is 42.2 Å². The monoisotopic (exact) mass is 395 g/mol. The normalized spacial score (nSPS) is 14.2. The van der Waals surface area contributed by atoms with E-state index in [4.69, 9.17) is 4.42 Å². The molecule has 0 aliphatic carbocycles. The number of carbonyl (C=O) groups is 1. The first-order valence-electron chi connectivity index (χ1n) is 9.77. The summed E-state index contributed by atoms with van der Waals surface area (Å²) in [5, 5.41) is 2.01. The molecule has 28 heavy (non-hydrogen) atoms. The fourth-order valence-corrected chi connectivity index (χ4v) is 4.14. The lowest BCUT2D eigenvalue weighted by molar-refractivity contribution is -0.130. The molecule has 4 rings (SSSR count). The summed E-state index contributed by atoms with van der Waals surface area (Å²) < 4.78 is 5.66. The van der Waals surface area contributed by atoms with Gasteiger partial charge in [-0.05, 0) is 49.8 Å². The maximum absolute atomic E-state index is 12.9. The molecular formula is C22H25N3O2S. The Hall–Kier alpha value is -2.60. The molecule has 1 amide bonds. The molecule has 2 aromatic heterocycles. The maximum atomic E-state index is 12.9. The largest absolute Gasteiger partial charge is 0.443 e. The molecule has 0 unspecified atom stereocenters. The number of benzene rings is 1. The van der Waals surface area contributed by atoms with Crippen LogP contribution < -0.4 is 4.90 Å². The Morgan fingerprint density at radius 3 is 2.68 bits per heavy atom. The van der Waals surface area contributed by atoms with Crippen LogP contribution in [0, 0.1) is 6.92 Å². The Balaban J connectivity index is 1.52. The van der Waals surface area contributed by atoms with Crippen molar-refractivity contribution in [3.63, 3.8) is 0 Å². The zero-order valence-corrected chi connectivity index (χ0v) is 17.0. The average Bonchev–Trinajstić information content (AvgIpc) is 3.40. The van der Waals surface area contributed by atoms with Gasteiger partial charge in [-0.2, -0.15) is 0 Å². The Morgan fingerprint density at radius 1 is 1.18 bits per heavy atom. The van der Waals surface area contributed by atoms with Crippen LogP contribution in [0.4, 0.5) is 5.69 Å². The molecule has 146 valence electrons. The smallest absolute Gasteiger partial charge is 0.242 e. The van der Waals surface area contributed by atoms with E-state index in [9.17, 15) is 4.79 Å². The van der Waals surface area contributed by atoms with E-state index in [1.54, 1.807) is 17.6 Å². The third-order valence-corrected chi connectivity index (χ3v) is 5.93. The molecular weight excluding hydrogens is 370 g/mol. The predicted molar refractivity (Wildman–Crippen MR) is 112 cm³/mol. The lowest BCUT2D eigenvalue weighted by Crippen LogP contribution is -2.42. The van der Waals surface area contributed by atoms with Gasteiger partial charge in [0.25, 0.3) is 0 Å². The van der Waals surface area contributed by atoms with Gasteiger partial charge in [-0.15, -0.1) is 11.3 Å². The summed E-state index contributed by atoms with van der Waals surface area (Å²) >= 11 is 1.61. The first kappa shape index (κ1) is 18.7. The first-order valence-corrected chi connectivity index (χ1v) is 10.6. The highest BCUT2D eigenvalue weighted by atomic mass is 32.1. The van der Waals surface area contributed by atoms with Gasteiger partial charge >= 0.3 is 0 Å². The summed E-state index contributed by atoms with van der Waals surface area (Å²) in [5.74, 6) is 0.818. The summed E-state index contributed by atoms with van der Waals surface area (Å²) in [6.45, 7) is 4.69. The number of piperidine rings is 1. The van der Waals surface area contributed by atoms with Crippen LogP contribution in [0.1, 0.15) is 30.5 Å². The molecule has 3 heterocycles. The summed E-state index contributed by atoms with van der Waals surface area (Å²) in [6, 6.07) is 12.3. The van der Waals surface area contributed by atoms with E-state index >= 15 is 0 Å². The van der Waals surface area contributed by atoms with Crippen molar-refractivity contribution in [1.29, 1.82) is 0 Å². The third-order valence-electron chi connectivity index (χ3n) is 5.07. The minimum Gasteiger partial charge on any atom is -0.443 e. The molecule has 1 aliphatic heterocycles. The zero-order chi connectivity index (χ0) is 19.3. The van der Waals surface area contributed by atoms with Crippen LogP contribution in [0.15, 0.2) is 52.5 Å². The second-order valence-electron chi connectivity index (χ2n) is 7.25. The van der Waals surface area contributed by atoms with E-state index in [-0.39, 0.29) is 5.91 Å². The number of rotatable bonds is 6. The highest BCUT2D eigenvalue weighted by molar-refractivity contribution is 7.13. The molecule has 6 heteroatoms. The van der Waals surface area contributed by atoms with Gasteiger partial charge in [0, 0.05) is 18.8 Å². The summed E-state index contributed by atoms with van der Waals surface area (Å²) in [7, 11) is 0. The number of hydrogen-bond donors (Lipinski definition) is 0. The summed E-state index contributed by atoms with van der Waals surface area (Å²) in [5.41, 5.74) is 3.06. The van der Waals surface area contributed by atoms with Crippen molar-refractivity contribution in [3.05, 3.63) is 59.3 Å². The van der Waals surface area contributed by atoms with Crippen LogP contribution in [0.2, 0.25) is 0 Å². The number of anilines is 1. The Morgan fingerprint density at radius 2 is 1.96 bits per heavy atom. The second-order valence-corrected chi connectivity index (χ2v) is 8.20. The van der Waals surface area contributed by atoms with Gasteiger partial charge in [-0.3, -0.25) is 4.79 Å². The van der Waals surface area contributed by atoms with Crippen LogP contribution >= 0.6 is 11.3 Å². The molecule has 0 radical (unpaired) electrons. The van der Waals surface area contributed by atoms with Gasteiger partial charge in [-0.1, -0.05) is 23.8 Å². The summed E-state index contributed by atoms with van der Waals surface area (Å²) in [4.78, 5) is 22.6. The first-order chi connectivity index (χ1) is 13.7. The fourth-order valence-electron chi connectivity index (χ4n) is 3.49. The number of carbonyl (C=O) groups excluding carboxylic acids is 1. The fraction of sp³-hybridized carbons (Fsp3) is 0.364. The number of amides is 1. The Bertz CT molecular complexity index is 896.